The summed E-state index contributed by atoms with van der Waals surface area (Å²) in [6.07, 6.45) is 7.40. The number of anilines is 1. The second-order valence-electron chi connectivity index (χ2n) is 4.58. The number of rotatable bonds is 3. The highest BCUT2D eigenvalue weighted by molar-refractivity contribution is 6.31. The maximum Gasteiger partial charge on any atom is 0.0472 e. The SMILES string of the molecule is C#Cc1cccc(NCc2c[nH]c3cc(Cl)ccc23)c1. The summed E-state index contributed by atoms with van der Waals surface area (Å²) in [6.45, 7) is 0.732. The summed E-state index contributed by atoms with van der Waals surface area (Å²) in [5.41, 5.74) is 4.14. The van der Waals surface area contributed by atoms with Gasteiger partial charge in [-0.3, -0.25) is 0 Å². The molecule has 2 N–H and O–H groups in total. The van der Waals surface area contributed by atoms with Gasteiger partial charge in [0.25, 0.3) is 0 Å². The Labute approximate surface area is 122 Å². The monoisotopic (exact) mass is 280 g/mol. The smallest absolute Gasteiger partial charge is 0.0472 e. The van der Waals surface area contributed by atoms with Gasteiger partial charge in [0.15, 0.2) is 0 Å². The standard InChI is InChI=1S/C17H13ClN2/c1-2-12-4-3-5-15(8-12)19-10-13-11-20-17-9-14(18)6-7-16(13)17/h1,3-9,11,19-20H,10H2. The zero-order valence-corrected chi connectivity index (χ0v) is 11.5. The van der Waals surface area contributed by atoms with Crippen LogP contribution < -0.4 is 5.32 Å². The lowest BCUT2D eigenvalue weighted by molar-refractivity contribution is 1.16. The van der Waals surface area contributed by atoms with E-state index in [2.05, 4.69) is 16.2 Å². The van der Waals surface area contributed by atoms with Gasteiger partial charge in [-0.05, 0) is 35.9 Å². The summed E-state index contributed by atoms with van der Waals surface area (Å²) in [4.78, 5) is 3.23. The van der Waals surface area contributed by atoms with E-state index in [1.165, 1.54) is 10.9 Å². The number of hydrogen-bond donors (Lipinski definition) is 2. The molecule has 0 spiro atoms. The molecule has 0 unspecified atom stereocenters. The molecule has 98 valence electrons. The summed E-state index contributed by atoms with van der Waals surface area (Å²) in [5.74, 6) is 2.64. The first kappa shape index (κ1) is 12.7. The quantitative estimate of drug-likeness (QED) is 0.683. The van der Waals surface area contributed by atoms with Gasteiger partial charge in [0.2, 0.25) is 0 Å². The van der Waals surface area contributed by atoms with E-state index in [0.29, 0.717) is 0 Å². The molecule has 0 atom stereocenters. The van der Waals surface area contributed by atoms with Crippen molar-refractivity contribution in [3.05, 3.63) is 64.8 Å². The van der Waals surface area contributed by atoms with E-state index in [9.17, 15) is 0 Å². The Morgan fingerprint density at radius 3 is 2.95 bits per heavy atom. The van der Waals surface area contributed by atoms with Crippen LogP contribution in [-0.4, -0.2) is 4.98 Å². The number of terminal acetylenes is 1. The summed E-state index contributed by atoms with van der Waals surface area (Å²) in [7, 11) is 0. The van der Waals surface area contributed by atoms with E-state index < -0.39 is 0 Å². The molecule has 3 rings (SSSR count). The summed E-state index contributed by atoms with van der Waals surface area (Å²) < 4.78 is 0. The molecule has 0 amide bonds. The minimum atomic E-state index is 0.732. The highest BCUT2D eigenvalue weighted by Gasteiger charge is 2.04. The van der Waals surface area contributed by atoms with E-state index in [1.807, 2.05) is 48.7 Å². The Morgan fingerprint density at radius 2 is 2.10 bits per heavy atom. The molecule has 0 aliphatic rings. The highest BCUT2D eigenvalue weighted by atomic mass is 35.5. The van der Waals surface area contributed by atoms with Gasteiger partial charge in [0, 0.05) is 39.9 Å². The number of fused-ring (bicyclic) bond motifs is 1. The number of hydrogen-bond acceptors (Lipinski definition) is 1. The van der Waals surface area contributed by atoms with Crippen molar-refractivity contribution in [1.29, 1.82) is 0 Å². The maximum absolute atomic E-state index is 5.98. The molecule has 0 aliphatic carbocycles. The van der Waals surface area contributed by atoms with Gasteiger partial charge in [-0.2, -0.15) is 0 Å². The predicted molar refractivity (Wildman–Crippen MR) is 85.0 cm³/mol. The molecule has 2 aromatic carbocycles. The van der Waals surface area contributed by atoms with Crippen LogP contribution in [0.3, 0.4) is 0 Å². The maximum atomic E-state index is 5.98. The van der Waals surface area contributed by atoms with Crippen LogP contribution >= 0.6 is 11.6 Å². The third-order valence-electron chi connectivity index (χ3n) is 3.24. The number of aromatic amines is 1. The van der Waals surface area contributed by atoms with Crippen molar-refractivity contribution in [2.24, 2.45) is 0 Å². The number of benzene rings is 2. The Balaban J connectivity index is 1.81. The highest BCUT2D eigenvalue weighted by Crippen LogP contribution is 2.23. The normalized spacial score (nSPS) is 10.4. The molecule has 0 bridgehead atoms. The molecule has 3 aromatic rings. The first-order chi connectivity index (χ1) is 9.76. The molecule has 1 heterocycles. The molecular weight excluding hydrogens is 268 g/mol. The molecule has 1 aromatic heterocycles. The number of aromatic nitrogens is 1. The Bertz CT molecular complexity index is 796. The molecule has 3 heteroatoms. The van der Waals surface area contributed by atoms with Crippen LogP contribution in [0.2, 0.25) is 5.02 Å². The topological polar surface area (TPSA) is 27.8 Å². The van der Waals surface area contributed by atoms with Gasteiger partial charge < -0.3 is 10.3 Å². The molecular formula is C17H13ClN2. The molecule has 0 aliphatic heterocycles. The minimum absolute atomic E-state index is 0.732. The number of H-pyrrole nitrogens is 1. The zero-order valence-electron chi connectivity index (χ0n) is 10.8. The Morgan fingerprint density at radius 1 is 1.20 bits per heavy atom. The van der Waals surface area contributed by atoms with Crippen molar-refractivity contribution in [2.75, 3.05) is 5.32 Å². The van der Waals surface area contributed by atoms with Gasteiger partial charge in [-0.25, -0.2) is 0 Å². The first-order valence-electron chi connectivity index (χ1n) is 6.32. The minimum Gasteiger partial charge on any atom is -0.381 e. The summed E-state index contributed by atoms with van der Waals surface area (Å²) in [6, 6.07) is 13.7. The zero-order chi connectivity index (χ0) is 13.9. The van der Waals surface area contributed by atoms with Gasteiger partial charge in [0.1, 0.15) is 0 Å². The fourth-order valence-corrected chi connectivity index (χ4v) is 2.39. The van der Waals surface area contributed by atoms with Crippen LogP contribution in [-0.2, 0) is 6.54 Å². The van der Waals surface area contributed by atoms with Crippen LogP contribution in [0.25, 0.3) is 10.9 Å². The Kier molecular flexibility index (Phi) is 3.37. The lowest BCUT2D eigenvalue weighted by Crippen LogP contribution is -1.98. The van der Waals surface area contributed by atoms with E-state index in [-0.39, 0.29) is 0 Å². The van der Waals surface area contributed by atoms with Crippen molar-refractivity contribution in [1.82, 2.24) is 4.98 Å². The molecule has 20 heavy (non-hydrogen) atoms. The van der Waals surface area contributed by atoms with Crippen LogP contribution in [0, 0.1) is 12.3 Å². The fourth-order valence-electron chi connectivity index (χ4n) is 2.22. The van der Waals surface area contributed by atoms with E-state index in [1.54, 1.807) is 0 Å². The van der Waals surface area contributed by atoms with Gasteiger partial charge in [-0.15, -0.1) is 6.42 Å². The van der Waals surface area contributed by atoms with Gasteiger partial charge in [0.05, 0.1) is 0 Å². The van der Waals surface area contributed by atoms with Crippen molar-refractivity contribution in [2.45, 2.75) is 6.54 Å². The Hall–Kier alpha value is -2.37. The molecule has 0 radical (unpaired) electrons. The lowest BCUT2D eigenvalue weighted by atomic mass is 10.1. The molecule has 0 fully saturated rings. The van der Waals surface area contributed by atoms with E-state index >= 15 is 0 Å². The fraction of sp³-hybridized carbons (Fsp3) is 0.0588. The second-order valence-corrected chi connectivity index (χ2v) is 5.02. The average molecular weight is 281 g/mol. The van der Waals surface area contributed by atoms with Gasteiger partial charge >= 0.3 is 0 Å². The van der Waals surface area contributed by atoms with Crippen molar-refractivity contribution in [3.8, 4) is 12.3 Å². The van der Waals surface area contributed by atoms with Gasteiger partial charge in [-0.1, -0.05) is 29.7 Å². The van der Waals surface area contributed by atoms with E-state index in [4.69, 9.17) is 18.0 Å². The third-order valence-corrected chi connectivity index (χ3v) is 3.48. The second kappa shape index (κ2) is 5.32. The largest absolute Gasteiger partial charge is 0.381 e. The molecule has 2 nitrogen and oxygen atoms in total. The van der Waals surface area contributed by atoms with Crippen molar-refractivity contribution < 1.29 is 0 Å². The predicted octanol–water partition coefficient (Wildman–Crippen LogP) is 4.41. The first-order valence-corrected chi connectivity index (χ1v) is 6.70. The number of halogens is 1. The van der Waals surface area contributed by atoms with Crippen LogP contribution in [0.15, 0.2) is 48.7 Å². The van der Waals surface area contributed by atoms with Crippen LogP contribution in [0.1, 0.15) is 11.1 Å². The lowest BCUT2D eigenvalue weighted by Gasteiger charge is -2.06. The van der Waals surface area contributed by atoms with Crippen molar-refractivity contribution in [3.63, 3.8) is 0 Å². The summed E-state index contributed by atoms with van der Waals surface area (Å²) in [5, 5.41) is 5.29. The summed E-state index contributed by atoms with van der Waals surface area (Å²) >= 11 is 5.98. The average Bonchev–Trinajstić information content (AvgIpc) is 2.87. The third kappa shape index (κ3) is 2.49. The van der Waals surface area contributed by atoms with Crippen molar-refractivity contribution >= 4 is 28.2 Å². The van der Waals surface area contributed by atoms with Crippen LogP contribution in [0.5, 0.6) is 0 Å². The van der Waals surface area contributed by atoms with Crippen LogP contribution in [0.4, 0.5) is 5.69 Å². The molecule has 0 saturated carbocycles. The van der Waals surface area contributed by atoms with E-state index in [0.717, 1.165) is 28.3 Å². The molecule has 0 saturated heterocycles. The number of nitrogens with one attached hydrogen (secondary N) is 2.